The molecule has 0 unspecified atom stereocenters. The van der Waals surface area contributed by atoms with E-state index in [0.717, 1.165) is 6.54 Å². The van der Waals surface area contributed by atoms with Gasteiger partial charge in [0.25, 0.3) is 0 Å². The highest BCUT2D eigenvalue weighted by Crippen LogP contribution is 1.90. The molecule has 0 aliphatic heterocycles. The zero-order valence-corrected chi connectivity index (χ0v) is 7.82. The van der Waals surface area contributed by atoms with E-state index in [1.165, 1.54) is 0 Å². The van der Waals surface area contributed by atoms with Crippen LogP contribution in [-0.4, -0.2) is 48.6 Å². The van der Waals surface area contributed by atoms with Gasteiger partial charge in [-0.25, -0.2) is 0 Å². The van der Waals surface area contributed by atoms with Crippen molar-refractivity contribution in [3.63, 3.8) is 0 Å². The number of likely N-dealkylation sites (N-methyl/N-ethyl adjacent to an activating group) is 1. The van der Waals surface area contributed by atoms with Gasteiger partial charge in [0.15, 0.2) is 0 Å². The first kappa shape index (κ1) is 11.9. The zero-order valence-electron chi connectivity index (χ0n) is 7.82. The lowest BCUT2D eigenvalue weighted by molar-refractivity contribution is -0.137. The fourth-order valence-corrected chi connectivity index (χ4v) is 0.963. The van der Waals surface area contributed by atoms with E-state index in [9.17, 15) is 9.59 Å². The largest absolute Gasteiger partial charge is 0.481 e. The summed E-state index contributed by atoms with van der Waals surface area (Å²) in [4.78, 5) is 22.1. The molecule has 1 amide bonds. The Bertz CT molecular complexity index is 161. The summed E-state index contributed by atoms with van der Waals surface area (Å²) >= 11 is 0. The smallest absolute Gasteiger partial charge is 0.304 e. The lowest BCUT2D eigenvalue weighted by atomic mass is 10.3. The van der Waals surface area contributed by atoms with Crippen LogP contribution < -0.4 is 5.32 Å². The lowest BCUT2D eigenvalue weighted by Crippen LogP contribution is -2.33. The molecule has 0 rings (SSSR count). The van der Waals surface area contributed by atoms with Crippen molar-refractivity contribution in [3.05, 3.63) is 0 Å². The van der Waals surface area contributed by atoms with Gasteiger partial charge in [0, 0.05) is 19.6 Å². The second-order valence-electron chi connectivity index (χ2n) is 2.65. The quantitative estimate of drug-likeness (QED) is 0.399. The highest BCUT2D eigenvalue weighted by molar-refractivity contribution is 5.66. The zero-order chi connectivity index (χ0) is 10.1. The first-order valence-electron chi connectivity index (χ1n) is 4.32. The van der Waals surface area contributed by atoms with Gasteiger partial charge in [-0.15, -0.1) is 0 Å². The van der Waals surface area contributed by atoms with Gasteiger partial charge in [-0.3, -0.25) is 9.59 Å². The van der Waals surface area contributed by atoms with Crippen LogP contribution >= 0.6 is 0 Å². The van der Waals surface area contributed by atoms with Crippen LogP contribution in [0.25, 0.3) is 0 Å². The molecule has 0 aliphatic rings. The number of nitrogens with zero attached hydrogens (tertiary/aromatic N) is 1. The summed E-state index contributed by atoms with van der Waals surface area (Å²) in [7, 11) is 0. The molecule has 13 heavy (non-hydrogen) atoms. The van der Waals surface area contributed by atoms with Crippen LogP contribution in [0.1, 0.15) is 13.3 Å². The van der Waals surface area contributed by atoms with Gasteiger partial charge >= 0.3 is 5.97 Å². The van der Waals surface area contributed by atoms with Crippen molar-refractivity contribution in [1.82, 2.24) is 10.2 Å². The van der Waals surface area contributed by atoms with Crippen molar-refractivity contribution in [2.24, 2.45) is 0 Å². The summed E-state index contributed by atoms with van der Waals surface area (Å²) in [6.07, 6.45) is 0.792. The van der Waals surface area contributed by atoms with E-state index in [1.54, 1.807) is 0 Å². The predicted octanol–water partition coefficient (Wildman–Crippen LogP) is -0.471. The summed E-state index contributed by atoms with van der Waals surface area (Å²) < 4.78 is 0. The number of hydrogen-bond donors (Lipinski definition) is 2. The second kappa shape index (κ2) is 7.54. The molecule has 76 valence electrons. The Morgan fingerprint density at radius 1 is 1.54 bits per heavy atom. The maximum Gasteiger partial charge on any atom is 0.304 e. The molecule has 0 spiro atoms. The highest BCUT2D eigenvalue weighted by atomic mass is 16.4. The SMILES string of the molecule is CCN(CCNC=O)CCC(=O)O. The number of carbonyl (C=O) groups excluding carboxylic acids is 1. The lowest BCUT2D eigenvalue weighted by Gasteiger charge is -2.18. The van der Waals surface area contributed by atoms with Crippen molar-refractivity contribution in [1.29, 1.82) is 0 Å². The van der Waals surface area contributed by atoms with E-state index in [2.05, 4.69) is 5.32 Å². The van der Waals surface area contributed by atoms with Crippen molar-refractivity contribution < 1.29 is 14.7 Å². The Morgan fingerprint density at radius 2 is 2.23 bits per heavy atom. The molecule has 0 saturated carbocycles. The van der Waals surface area contributed by atoms with E-state index in [-0.39, 0.29) is 6.42 Å². The average molecular weight is 188 g/mol. The summed E-state index contributed by atoms with van der Waals surface area (Å²) in [5.74, 6) is -0.790. The van der Waals surface area contributed by atoms with Crippen LogP contribution in [0.4, 0.5) is 0 Å². The third-order valence-corrected chi connectivity index (χ3v) is 1.74. The fourth-order valence-electron chi connectivity index (χ4n) is 0.963. The van der Waals surface area contributed by atoms with E-state index in [4.69, 9.17) is 5.11 Å². The Hall–Kier alpha value is -1.10. The Morgan fingerprint density at radius 3 is 2.69 bits per heavy atom. The minimum absolute atomic E-state index is 0.148. The van der Waals surface area contributed by atoms with Gasteiger partial charge in [0.2, 0.25) is 6.41 Å². The molecule has 0 fully saturated rings. The van der Waals surface area contributed by atoms with E-state index >= 15 is 0 Å². The number of aliphatic carboxylic acids is 1. The van der Waals surface area contributed by atoms with Gasteiger partial charge in [-0.1, -0.05) is 6.92 Å². The van der Waals surface area contributed by atoms with Gasteiger partial charge in [-0.05, 0) is 6.54 Å². The predicted molar refractivity (Wildman–Crippen MR) is 48.4 cm³/mol. The summed E-state index contributed by atoms with van der Waals surface area (Å²) in [5, 5.41) is 11.0. The fraction of sp³-hybridized carbons (Fsp3) is 0.750. The van der Waals surface area contributed by atoms with Crippen molar-refractivity contribution >= 4 is 12.4 Å². The maximum atomic E-state index is 10.3. The number of carbonyl (C=O) groups is 2. The average Bonchev–Trinajstić information content (AvgIpc) is 2.10. The van der Waals surface area contributed by atoms with Gasteiger partial charge in [0.1, 0.15) is 0 Å². The molecule has 2 N–H and O–H groups in total. The molecule has 0 heterocycles. The number of hydrogen-bond acceptors (Lipinski definition) is 3. The monoisotopic (exact) mass is 188 g/mol. The molecule has 0 bridgehead atoms. The van der Waals surface area contributed by atoms with Gasteiger partial charge < -0.3 is 15.3 Å². The summed E-state index contributed by atoms with van der Waals surface area (Å²) in [6.45, 7) is 4.56. The minimum Gasteiger partial charge on any atom is -0.481 e. The molecule has 5 nitrogen and oxygen atoms in total. The number of carboxylic acids is 1. The number of carboxylic acid groups (broad SMARTS) is 1. The van der Waals surface area contributed by atoms with Gasteiger partial charge in [0.05, 0.1) is 6.42 Å². The molecular formula is C8H16N2O3. The first-order valence-corrected chi connectivity index (χ1v) is 4.32. The topological polar surface area (TPSA) is 69.6 Å². The number of rotatable bonds is 8. The number of amides is 1. The Labute approximate surface area is 77.7 Å². The number of nitrogens with one attached hydrogen (secondary N) is 1. The van der Waals surface area contributed by atoms with Crippen LogP contribution in [0.5, 0.6) is 0 Å². The van der Waals surface area contributed by atoms with Crippen LogP contribution in [-0.2, 0) is 9.59 Å². The maximum absolute atomic E-state index is 10.3. The molecule has 0 aromatic rings. The van der Waals surface area contributed by atoms with Crippen LogP contribution in [0, 0.1) is 0 Å². The van der Waals surface area contributed by atoms with Crippen molar-refractivity contribution in [2.45, 2.75) is 13.3 Å². The van der Waals surface area contributed by atoms with Crippen LogP contribution in [0.15, 0.2) is 0 Å². The van der Waals surface area contributed by atoms with Crippen LogP contribution in [0.2, 0.25) is 0 Å². The third kappa shape index (κ3) is 7.27. The summed E-state index contributed by atoms with van der Waals surface area (Å²) in [5.41, 5.74) is 0. The Balaban J connectivity index is 3.50. The van der Waals surface area contributed by atoms with E-state index in [1.807, 2.05) is 11.8 Å². The molecule has 0 atom stereocenters. The normalized spacial score (nSPS) is 10.0. The van der Waals surface area contributed by atoms with Crippen LogP contribution in [0.3, 0.4) is 0 Å². The van der Waals surface area contributed by atoms with E-state index < -0.39 is 5.97 Å². The molecule has 0 radical (unpaired) electrons. The van der Waals surface area contributed by atoms with Crippen molar-refractivity contribution in [2.75, 3.05) is 26.2 Å². The Kier molecular flexibility index (Phi) is 6.91. The third-order valence-electron chi connectivity index (χ3n) is 1.74. The first-order chi connectivity index (χ1) is 6.20. The summed E-state index contributed by atoms with van der Waals surface area (Å²) in [6, 6.07) is 0. The van der Waals surface area contributed by atoms with E-state index in [0.29, 0.717) is 26.0 Å². The molecular weight excluding hydrogens is 172 g/mol. The van der Waals surface area contributed by atoms with Crippen molar-refractivity contribution in [3.8, 4) is 0 Å². The highest BCUT2D eigenvalue weighted by Gasteiger charge is 2.04. The molecule has 0 aromatic heterocycles. The standard InChI is InChI=1S/C8H16N2O3/c1-2-10(5-3-8(12)13)6-4-9-7-11/h7H,2-6H2,1H3,(H,9,11)(H,12,13). The minimum atomic E-state index is -0.790. The second-order valence-corrected chi connectivity index (χ2v) is 2.65. The molecule has 0 aliphatic carbocycles. The molecule has 0 aromatic carbocycles. The van der Waals surface area contributed by atoms with Gasteiger partial charge in [-0.2, -0.15) is 0 Å². The molecule has 5 heteroatoms. The molecule has 0 saturated heterocycles.